The van der Waals surface area contributed by atoms with E-state index in [4.69, 9.17) is 0 Å². The van der Waals surface area contributed by atoms with Crippen molar-refractivity contribution < 1.29 is 9.59 Å². The largest absolute Gasteiger partial charge is 0.346 e. The normalized spacial score (nSPS) is 16.0. The van der Waals surface area contributed by atoms with Crippen LogP contribution in [-0.4, -0.2) is 27.1 Å². The molecule has 0 atom stereocenters. The van der Waals surface area contributed by atoms with E-state index in [-0.39, 0.29) is 23.3 Å². The fraction of sp³-hybridized carbons (Fsp3) is 0.667. The summed E-state index contributed by atoms with van der Waals surface area (Å²) in [5, 5.41) is 9.89. The van der Waals surface area contributed by atoms with Gasteiger partial charge in [-0.3, -0.25) is 14.3 Å². The Labute approximate surface area is 125 Å². The topological polar surface area (TPSA) is 76.0 Å². The number of hydrogen-bond donors (Lipinski definition) is 2. The van der Waals surface area contributed by atoms with Crippen LogP contribution in [0.2, 0.25) is 0 Å². The van der Waals surface area contributed by atoms with Crippen molar-refractivity contribution in [2.45, 2.75) is 52.0 Å². The van der Waals surface area contributed by atoms with Gasteiger partial charge in [0.15, 0.2) is 5.69 Å². The first-order valence-electron chi connectivity index (χ1n) is 7.44. The number of carbonyl (C=O) groups is 2. The minimum absolute atomic E-state index is 0.0262. The first-order chi connectivity index (χ1) is 9.76. The van der Waals surface area contributed by atoms with Crippen LogP contribution in [0.25, 0.3) is 0 Å². The van der Waals surface area contributed by atoms with Gasteiger partial charge in [-0.2, -0.15) is 5.10 Å². The molecule has 0 bridgehead atoms. The van der Waals surface area contributed by atoms with Gasteiger partial charge in [0.25, 0.3) is 5.91 Å². The molecule has 1 aliphatic carbocycles. The van der Waals surface area contributed by atoms with Crippen LogP contribution in [-0.2, 0) is 11.8 Å². The van der Waals surface area contributed by atoms with E-state index in [1.807, 2.05) is 20.8 Å². The second-order valence-corrected chi connectivity index (χ2v) is 6.71. The Morgan fingerprint density at radius 1 is 1.29 bits per heavy atom. The summed E-state index contributed by atoms with van der Waals surface area (Å²) in [5.74, 6) is 0.440. The van der Waals surface area contributed by atoms with Crippen LogP contribution in [0.3, 0.4) is 0 Å². The molecule has 1 saturated carbocycles. The number of carbonyl (C=O) groups excluding carboxylic acids is 2. The molecule has 0 radical (unpaired) electrons. The number of anilines is 1. The Morgan fingerprint density at radius 3 is 2.48 bits per heavy atom. The minimum atomic E-state index is -0.318. The van der Waals surface area contributed by atoms with Crippen LogP contribution in [0.15, 0.2) is 6.07 Å². The molecule has 0 saturated heterocycles. The maximum atomic E-state index is 12.1. The lowest BCUT2D eigenvalue weighted by molar-refractivity contribution is -0.119. The highest BCUT2D eigenvalue weighted by molar-refractivity contribution is 5.96. The van der Waals surface area contributed by atoms with Gasteiger partial charge >= 0.3 is 0 Å². The van der Waals surface area contributed by atoms with Crippen molar-refractivity contribution in [2.75, 3.05) is 5.32 Å². The fourth-order valence-corrected chi connectivity index (χ4v) is 2.52. The van der Waals surface area contributed by atoms with Gasteiger partial charge in [0.2, 0.25) is 5.91 Å². The summed E-state index contributed by atoms with van der Waals surface area (Å²) >= 11 is 0. The molecule has 116 valence electrons. The molecule has 2 rings (SSSR count). The number of hydrogen-bond acceptors (Lipinski definition) is 3. The number of nitrogens with one attached hydrogen (secondary N) is 2. The van der Waals surface area contributed by atoms with Crippen LogP contribution < -0.4 is 10.6 Å². The highest BCUT2D eigenvalue weighted by atomic mass is 16.2. The van der Waals surface area contributed by atoms with E-state index in [1.165, 1.54) is 4.68 Å². The molecule has 1 fully saturated rings. The predicted molar refractivity (Wildman–Crippen MR) is 81.0 cm³/mol. The first kappa shape index (κ1) is 15.5. The zero-order valence-electron chi connectivity index (χ0n) is 13.2. The van der Waals surface area contributed by atoms with Gasteiger partial charge < -0.3 is 10.6 Å². The van der Waals surface area contributed by atoms with Gasteiger partial charge in [0.1, 0.15) is 5.82 Å². The number of aromatic nitrogens is 2. The summed E-state index contributed by atoms with van der Waals surface area (Å²) < 4.78 is 1.53. The van der Waals surface area contributed by atoms with E-state index in [9.17, 15) is 9.59 Å². The van der Waals surface area contributed by atoms with E-state index in [1.54, 1.807) is 13.1 Å². The Morgan fingerprint density at radius 2 is 1.90 bits per heavy atom. The Balaban J connectivity index is 2.05. The second kappa shape index (κ2) is 5.87. The first-order valence-corrected chi connectivity index (χ1v) is 7.44. The van der Waals surface area contributed by atoms with Crippen molar-refractivity contribution in [3.05, 3.63) is 11.8 Å². The van der Waals surface area contributed by atoms with Gasteiger partial charge in [-0.15, -0.1) is 0 Å². The molecule has 2 N–H and O–H groups in total. The van der Waals surface area contributed by atoms with E-state index < -0.39 is 0 Å². The molecule has 0 unspecified atom stereocenters. The molecule has 1 aromatic rings. The lowest BCUT2D eigenvalue weighted by Gasteiger charge is -2.19. The van der Waals surface area contributed by atoms with E-state index >= 15 is 0 Å². The summed E-state index contributed by atoms with van der Waals surface area (Å²) in [6.45, 7) is 5.74. The molecule has 1 heterocycles. The van der Waals surface area contributed by atoms with Gasteiger partial charge in [-0.1, -0.05) is 12.8 Å². The third-order valence-corrected chi connectivity index (χ3v) is 3.58. The standard InChI is InChI=1S/C15H24N4O2/c1-15(2,3)17-14(21)11-9-12(19(4)18-11)16-13(20)10-7-5-6-8-10/h9-10H,5-8H2,1-4H3,(H,16,20)(H,17,21). The van der Waals surface area contributed by atoms with Crippen LogP contribution >= 0.6 is 0 Å². The summed E-state index contributed by atoms with van der Waals surface area (Å²) in [5.41, 5.74) is -0.00357. The van der Waals surface area contributed by atoms with Crippen molar-refractivity contribution >= 4 is 17.6 Å². The predicted octanol–water partition coefficient (Wildman–Crippen LogP) is 2.08. The van der Waals surface area contributed by atoms with Crippen molar-refractivity contribution in [3.8, 4) is 0 Å². The number of aryl methyl sites for hydroxylation is 1. The van der Waals surface area contributed by atoms with Crippen LogP contribution in [0.4, 0.5) is 5.82 Å². The molecule has 21 heavy (non-hydrogen) atoms. The number of nitrogens with zero attached hydrogens (tertiary/aromatic N) is 2. The summed E-state index contributed by atoms with van der Waals surface area (Å²) in [6.07, 6.45) is 4.12. The number of rotatable bonds is 3. The van der Waals surface area contributed by atoms with Gasteiger partial charge in [-0.05, 0) is 33.6 Å². The summed E-state index contributed by atoms with van der Waals surface area (Å²) in [4.78, 5) is 24.2. The molecule has 6 nitrogen and oxygen atoms in total. The van der Waals surface area contributed by atoms with E-state index in [0.29, 0.717) is 11.5 Å². The van der Waals surface area contributed by atoms with Crippen LogP contribution in [0.1, 0.15) is 56.9 Å². The van der Waals surface area contributed by atoms with Crippen molar-refractivity contribution in [3.63, 3.8) is 0 Å². The molecule has 0 spiro atoms. The average molecular weight is 292 g/mol. The lowest BCUT2D eigenvalue weighted by Crippen LogP contribution is -2.40. The van der Waals surface area contributed by atoms with Crippen molar-refractivity contribution in [1.82, 2.24) is 15.1 Å². The minimum Gasteiger partial charge on any atom is -0.346 e. The Hall–Kier alpha value is -1.85. The van der Waals surface area contributed by atoms with Gasteiger partial charge in [0.05, 0.1) is 0 Å². The van der Waals surface area contributed by atoms with E-state index in [2.05, 4.69) is 15.7 Å². The highest BCUT2D eigenvalue weighted by Gasteiger charge is 2.24. The van der Waals surface area contributed by atoms with E-state index in [0.717, 1.165) is 25.7 Å². The summed E-state index contributed by atoms with van der Waals surface area (Å²) in [7, 11) is 1.72. The maximum Gasteiger partial charge on any atom is 0.272 e. The molecule has 0 aromatic carbocycles. The molecule has 1 aliphatic rings. The second-order valence-electron chi connectivity index (χ2n) is 6.71. The Bertz CT molecular complexity index is 536. The van der Waals surface area contributed by atoms with Crippen LogP contribution in [0, 0.1) is 5.92 Å². The quantitative estimate of drug-likeness (QED) is 0.895. The molecular formula is C15H24N4O2. The average Bonchev–Trinajstić information content (AvgIpc) is 2.97. The Kier molecular flexibility index (Phi) is 4.34. The fourth-order valence-electron chi connectivity index (χ4n) is 2.52. The summed E-state index contributed by atoms with van der Waals surface area (Å²) in [6, 6.07) is 1.62. The van der Waals surface area contributed by atoms with Crippen LogP contribution in [0.5, 0.6) is 0 Å². The third-order valence-electron chi connectivity index (χ3n) is 3.58. The zero-order valence-corrected chi connectivity index (χ0v) is 13.2. The highest BCUT2D eigenvalue weighted by Crippen LogP contribution is 2.26. The molecule has 6 heteroatoms. The monoisotopic (exact) mass is 292 g/mol. The van der Waals surface area contributed by atoms with Crippen molar-refractivity contribution in [1.29, 1.82) is 0 Å². The van der Waals surface area contributed by atoms with Crippen molar-refractivity contribution in [2.24, 2.45) is 13.0 Å². The molecule has 2 amide bonds. The lowest BCUT2D eigenvalue weighted by atomic mass is 10.1. The third kappa shape index (κ3) is 4.06. The SMILES string of the molecule is Cn1nc(C(=O)NC(C)(C)C)cc1NC(=O)C1CCCC1. The number of amides is 2. The van der Waals surface area contributed by atoms with Gasteiger partial charge in [-0.25, -0.2) is 0 Å². The molecule has 1 aromatic heterocycles. The smallest absolute Gasteiger partial charge is 0.272 e. The van der Waals surface area contributed by atoms with Gasteiger partial charge in [0, 0.05) is 24.6 Å². The molecule has 0 aliphatic heterocycles. The zero-order chi connectivity index (χ0) is 15.6. The molecular weight excluding hydrogens is 268 g/mol. The maximum absolute atomic E-state index is 12.1.